The molecule has 2 fully saturated rings. The second-order valence-corrected chi connectivity index (χ2v) is 7.45. The van der Waals surface area contributed by atoms with E-state index in [1.807, 2.05) is 23.9 Å². The summed E-state index contributed by atoms with van der Waals surface area (Å²) < 4.78 is 7.31. The third-order valence-corrected chi connectivity index (χ3v) is 5.51. The zero-order valence-electron chi connectivity index (χ0n) is 16.4. The average Bonchev–Trinajstić information content (AvgIpc) is 3.25. The van der Waals surface area contributed by atoms with Gasteiger partial charge in [-0.2, -0.15) is 0 Å². The molecule has 2 aliphatic heterocycles. The SMILES string of the molecule is CN(Cc1ccccc1N1CCOCC1)C(=O)c1cn(C2CCNCC2)nn1. The lowest BCUT2D eigenvalue weighted by Crippen LogP contribution is -2.37. The molecule has 1 aromatic carbocycles. The molecule has 0 spiro atoms. The summed E-state index contributed by atoms with van der Waals surface area (Å²) in [5.41, 5.74) is 2.71. The van der Waals surface area contributed by atoms with E-state index < -0.39 is 0 Å². The second-order valence-electron chi connectivity index (χ2n) is 7.45. The van der Waals surface area contributed by atoms with Gasteiger partial charge < -0.3 is 19.9 Å². The molecule has 1 N–H and O–H groups in total. The normalized spacial score (nSPS) is 18.2. The van der Waals surface area contributed by atoms with Crippen molar-refractivity contribution >= 4 is 11.6 Å². The molecular weight excluding hydrogens is 356 g/mol. The summed E-state index contributed by atoms with van der Waals surface area (Å²) in [6, 6.07) is 8.58. The molecule has 0 radical (unpaired) electrons. The fourth-order valence-electron chi connectivity index (χ4n) is 3.90. The van der Waals surface area contributed by atoms with Gasteiger partial charge in [0.1, 0.15) is 0 Å². The second kappa shape index (κ2) is 8.70. The van der Waals surface area contributed by atoms with Crippen LogP contribution in [0.3, 0.4) is 0 Å². The lowest BCUT2D eigenvalue weighted by Gasteiger charge is -2.31. The summed E-state index contributed by atoms with van der Waals surface area (Å²) in [6.45, 7) is 5.72. The van der Waals surface area contributed by atoms with E-state index in [1.165, 1.54) is 5.69 Å². The van der Waals surface area contributed by atoms with E-state index in [2.05, 4.69) is 32.7 Å². The van der Waals surface area contributed by atoms with Gasteiger partial charge in [0.25, 0.3) is 5.91 Å². The van der Waals surface area contributed by atoms with Gasteiger partial charge in [0.2, 0.25) is 0 Å². The van der Waals surface area contributed by atoms with Crippen molar-refractivity contribution in [1.29, 1.82) is 0 Å². The number of carbonyl (C=O) groups excluding carboxylic acids is 1. The molecule has 28 heavy (non-hydrogen) atoms. The van der Waals surface area contributed by atoms with Crippen molar-refractivity contribution in [3.05, 3.63) is 41.7 Å². The molecule has 0 bridgehead atoms. The molecule has 1 aromatic heterocycles. The Morgan fingerprint density at radius 1 is 1.25 bits per heavy atom. The van der Waals surface area contributed by atoms with Crippen LogP contribution >= 0.6 is 0 Å². The largest absolute Gasteiger partial charge is 0.378 e. The maximum absolute atomic E-state index is 12.9. The Kier molecular flexibility index (Phi) is 5.87. The standard InChI is InChI=1S/C20H28N6O2/c1-24(14-16-4-2-3-5-19(16)25-10-12-28-13-11-25)20(27)18-15-26(23-22-18)17-6-8-21-9-7-17/h2-5,15,17,21H,6-14H2,1H3. The minimum Gasteiger partial charge on any atom is -0.378 e. The van der Waals surface area contributed by atoms with Crippen molar-refractivity contribution in [2.24, 2.45) is 0 Å². The molecule has 8 nitrogen and oxygen atoms in total. The van der Waals surface area contributed by atoms with Crippen LogP contribution in [0.15, 0.2) is 30.5 Å². The molecule has 0 unspecified atom stereocenters. The number of benzene rings is 1. The summed E-state index contributed by atoms with van der Waals surface area (Å²) in [5, 5.41) is 11.7. The fraction of sp³-hybridized carbons (Fsp3) is 0.550. The van der Waals surface area contributed by atoms with Crippen molar-refractivity contribution in [3.63, 3.8) is 0 Å². The Bertz CT molecular complexity index is 795. The van der Waals surface area contributed by atoms with Gasteiger partial charge in [-0.3, -0.25) is 4.79 Å². The van der Waals surface area contributed by atoms with Crippen molar-refractivity contribution in [1.82, 2.24) is 25.2 Å². The minimum atomic E-state index is -0.100. The van der Waals surface area contributed by atoms with E-state index in [1.54, 1.807) is 11.1 Å². The first-order chi connectivity index (χ1) is 13.7. The Labute approximate surface area is 165 Å². The van der Waals surface area contributed by atoms with Gasteiger partial charge in [-0.1, -0.05) is 23.4 Å². The van der Waals surface area contributed by atoms with E-state index in [9.17, 15) is 4.79 Å². The number of anilines is 1. The number of amides is 1. The van der Waals surface area contributed by atoms with Crippen LogP contribution in [-0.2, 0) is 11.3 Å². The number of hydrogen-bond donors (Lipinski definition) is 1. The van der Waals surface area contributed by atoms with Crippen LogP contribution in [0.2, 0.25) is 0 Å². The van der Waals surface area contributed by atoms with Crippen molar-refractivity contribution < 1.29 is 9.53 Å². The molecule has 150 valence electrons. The summed E-state index contributed by atoms with van der Waals surface area (Å²) in [5.74, 6) is -0.100. The number of hydrogen-bond acceptors (Lipinski definition) is 6. The van der Waals surface area contributed by atoms with Crippen LogP contribution < -0.4 is 10.2 Å². The number of aromatic nitrogens is 3. The average molecular weight is 384 g/mol. The van der Waals surface area contributed by atoms with E-state index >= 15 is 0 Å². The highest BCUT2D eigenvalue weighted by Crippen LogP contribution is 2.23. The van der Waals surface area contributed by atoms with Crippen LogP contribution in [0.1, 0.15) is 34.9 Å². The summed E-state index contributed by atoms with van der Waals surface area (Å²) >= 11 is 0. The monoisotopic (exact) mass is 384 g/mol. The first kappa shape index (κ1) is 18.9. The first-order valence-corrected chi connectivity index (χ1v) is 10.0. The van der Waals surface area contributed by atoms with Crippen molar-refractivity contribution in [2.45, 2.75) is 25.4 Å². The van der Waals surface area contributed by atoms with Crippen LogP contribution in [-0.4, -0.2) is 72.2 Å². The van der Waals surface area contributed by atoms with Crippen LogP contribution in [0.5, 0.6) is 0 Å². The third kappa shape index (κ3) is 4.18. The molecule has 8 heteroatoms. The molecule has 0 aliphatic carbocycles. The lowest BCUT2D eigenvalue weighted by molar-refractivity contribution is 0.0779. The van der Waals surface area contributed by atoms with Gasteiger partial charge in [-0.05, 0) is 37.6 Å². The predicted molar refractivity (Wildman–Crippen MR) is 106 cm³/mol. The van der Waals surface area contributed by atoms with Gasteiger partial charge in [0, 0.05) is 32.4 Å². The maximum atomic E-state index is 12.9. The Hall–Kier alpha value is -2.45. The zero-order chi connectivity index (χ0) is 19.3. The molecule has 3 heterocycles. The number of rotatable bonds is 5. The molecule has 2 aliphatic rings. The highest BCUT2D eigenvalue weighted by atomic mass is 16.5. The highest BCUT2D eigenvalue weighted by Gasteiger charge is 2.22. The van der Waals surface area contributed by atoms with Crippen LogP contribution in [0, 0.1) is 0 Å². The number of ether oxygens (including phenoxy) is 1. The molecular formula is C20H28N6O2. The molecule has 1 amide bonds. The van der Waals surface area contributed by atoms with Crippen molar-refractivity contribution in [2.75, 3.05) is 51.3 Å². The maximum Gasteiger partial charge on any atom is 0.276 e. The number of carbonyl (C=O) groups is 1. The molecule has 0 atom stereocenters. The van der Waals surface area contributed by atoms with Crippen LogP contribution in [0.25, 0.3) is 0 Å². The summed E-state index contributed by atoms with van der Waals surface area (Å²) in [6.07, 6.45) is 3.82. The molecule has 0 saturated carbocycles. The smallest absolute Gasteiger partial charge is 0.276 e. The van der Waals surface area contributed by atoms with Gasteiger partial charge in [-0.25, -0.2) is 4.68 Å². The Balaban J connectivity index is 1.44. The fourth-order valence-corrected chi connectivity index (χ4v) is 3.90. The number of nitrogens with one attached hydrogen (secondary N) is 1. The van der Waals surface area contributed by atoms with E-state index in [0.717, 1.165) is 57.8 Å². The van der Waals surface area contributed by atoms with Gasteiger partial charge in [-0.15, -0.1) is 5.10 Å². The van der Waals surface area contributed by atoms with E-state index in [4.69, 9.17) is 4.74 Å². The number of piperidine rings is 1. The first-order valence-electron chi connectivity index (χ1n) is 10.0. The number of morpholine rings is 1. The third-order valence-electron chi connectivity index (χ3n) is 5.51. The Morgan fingerprint density at radius 3 is 2.79 bits per heavy atom. The number of para-hydroxylation sites is 1. The van der Waals surface area contributed by atoms with Gasteiger partial charge in [0.15, 0.2) is 5.69 Å². The highest BCUT2D eigenvalue weighted by molar-refractivity contribution is 5.91. The summed E-state index contributed by atoms with van der Waals surface area (Å²) in [4.78, 5) is 16.9. The van der Waals surface area contributed by atoms with E-state index in [-0.39, 0.29) is 5.91 Å². The van der Waals surface area contributed by atoms with Gasteiger partial charge in [0.05, 0.1) is 25.5 Å². The lowest BCUT2D eigenvalue weighted by atomic mass is 10.1. The zero-order valence-corrected chi connectivity index (χ0v) is 16.4. The quantitative estimate of drug-likeness (QED) is 0.838. The topological polar surface area (TPSA) is 75.5 Å². The van der Waals surface area contributed by atoms with E-state index in [0.29, 0.717) is 18.3 Å². The summed E-state index contributed by atoms with van der Waals surface area (Å²) in [7, 11) is 1.82. The predicted octanol–water partition coefficient (Wildman–Crippen LogP) is 1.31. The minimum absolute atomic E-state index is 0.100. The van der Waals surface area contributed by atoms with Gasteiger partial charge >= 0.3 is 0 Å². The van der Waals surface area contributed by atoms with Crippen LogP contribution in [0.4, 0.5) is 5.69 Å². The number of nitrogens with zero attached hydrogens (tertiary/aromatic N) is 5. The molecule has 2 saturated heterocycles. The Morgan fingerprint density at radius 2 is 2.00 bits per heavy atom. The molecule has 4 rings (SSSR count). The van der Waals surface area contributed by atoms with Crippen molar-refractivity contribution in [3.8, 4) is 0 Å². The molecule has 2 aromatic rings.